The Hall–Kier alpha value is -2.54. The Bertz CT molecular complexity index is 798. The summed E-state index contributed by atoms with van der Waals surface area (Å²) >= 11 is 0. The lowest BCUT2D eigenvalue weighted by atomic mass is 9.89. The van der Waals surface area contributed by atoms with Gasteiger partial charge in [0, 0.05) is 25.5 Å². The van der Waals surface area contributed by atoms with E-state index in [1.54, 1.807) is 19.6 Å². The molecule has 1 aromatic heterocycles. The lowest BCUT2D eigenvalue weighted by Gasteiger charge is -2.40. The van der Waals surface area contributed by atoms with Crippen molar-refractivity contribution in [1.82, 2.24) is 14.5 Å². The predicted octanol–water partition coefficient (Wildman–Crippen LogP) is 1.50. The SMILES string of the molecule is COc1ccc2c(c1)C[C@H](C(=O)N1CCC(O)(Cn3ccnc3)CC1)CO2. The molecule has 7 nitrogen and oxygen atoms in total. The Morgan fingerprint density at radius 2 is 2.22 bits per heavy atom. The molecule has 0 spiro atoms. The first kappa shape index (κ1) is 17.9. The van der Waals surface area contributed by atoms with Crippen molar-refractivity contribution < 1.29 is 19.4 Å². The van der Waals surface area contributed by atoms with Crippen molar-refractivity contribution in [2.75, 3.05) is 26.8 Å². The van der Waals surface area contributed by atoms with Gasteiger partial charge in [0.15, 0.2) is 0 Å². The molecule has 0 saturated carbocycles. The van der Waals surface area contributed by atoms with Crippen molar-refractivity contribution in [3.63, 3.8) is 0 Å². The van der Waals surface area contributed by atoms with Crippen LogP contribution in [0.4, 0.5) is 0 Å². The highest BCUT2D eigenvalue weighted by Gasteiger charge is 2.37. The fourth-order valence-corrected chi connectivity index (χ4v) is 3.94. The largest absolute Gasteiger partial charge is 0.497 e. The number of hydrogen-bond donors (Lipinski definition) is 1. The summed E-state index contributed by atoms with van der Waals surface area (Å²) in [7, 11) is 1.63. The second-order valence-corrected chi connectivity index (χ2v) is 7.47. The van der Waals surface area contributed by atoms with E-state index in [1.807, 2.05) is 33.9 Å². The molecule has 4 rings (SSSR count). The monoisotopic (exact) mass is 371 g/mol. The zero-order chi connectivity index (χ0) is 18.9. The van der Waals surface area contributed by atoms with Gasteiger partial charge < -0.3 is 24.0 Å². The number of ether oxygens (including phenoxy) is 2. The molecule has 0 bridgehead atoms. The van der Waals surface area contributed by atoms with Crippen LogP contribution in [0.15, 0.2) is 36.9 Å². The molecule has 1 aromatic carbocycles. The molecule has 3 heterocycles. The van der Waals surface area contributed by atoms with Crippen LogP contribution in [0.25, 0.3) is 0 Å². The number of nitrogens with zero attached hydrogens (tertiary/aromatic N) is 3. The van der Waals surface area contributed by atoms with Crippen LogP contribution in [0.5, 0.6) is 11.5 Å². The van der Waals surface area contributed by atoms with E-state index in [2.05, 4.69) is 4.98 Å². The van der Waals surface area contributed by atoms with Gasteiger partial charge in [-0.25, -0.2) is 4.98 Å². The third-order valence-corrected chi connectivity index (χ3v) is 5.57. The Balaban J connectivity index is 1.37. The highest BCUT2D eigenvalue weighted by molar-refractivity contribution is 5.80. The number of carbonyl (C=O) groups is 1. The van der Waals surface area contributed by atoms with Crippen LogP contribution in [0.2, 0.25) is 0 Å². The molecule has 27 heavy (non-hydrogen) atoms. The van der Waals surface area contributed by atoms with Crippen LogP contribution in [0.1, 0.15) is 18.4 Å². The maximum absolute atomic E-state index is 13.0. The molecule has 144 valence electrons. The maximum atomic E-state index is 13.0. The number of amides is 1. The van der Waals surface area contributed by atoms with Crippen molar-refractivity contribution in [3.8, 4) is 11.5 Å². The van der Waals surface area contributed by atoms with E-state index in [0.717, 1.165) is 17.1 Å². The van der Waals surface area contributed by atoms with Gasteiger partial charge in [0.1, 0.15) is 18.1 Å². The number of imidazole rings is 1. The summed E-state index contributed by atoms with van der Waals surface area (Å²) in [6, 6.07) is 5.70. The molecular formula is C20H25N3O4. The number of fused-ring (bicyclic) bond motifs is 1. The summed E-state index contributed by atoms with van der Waals surface area (Å²) in [5, 5.41) is 10.8. The second kappa shape index (κ2) is 7.23. The van der Waals surface area contributed by atoms with Gasteiger partial charge in [0.2, 0.25) is 5.91 Å². The number of rotatable bonds is 4. The molecule has 2 aliphatic rings. The average molecular weight is 371 g/mol. The molecule has 1 atom stereocenters. The average Bonchev–Trinajstić information content (AvgIpc) is 3.19. The minimum atomic E-state index is -0.791. The maximum Gasteiger partial charge on any atom is 0.229 e. The fourth-order valence-electron chi connectivity index (χ4n) is 3.94. The van der Waals surface area contributed by atoms with E-state index in [9.17, 15) is 9.90 Å². The number of piperidine rings is 1. The molecule has 2 aliphatic heterocycles. The smallest absolute Gasteiger partial charge is 0.229 e. The molecule has 2 aromatic rings. The first-order valence-corrected chi connectivity index (χ1v) is 9.33. The second-order valence-electron chi connectivity index (χ2n) is 7.47. The molecule has 0 unspecified atom stereocenters. The topological polar surface area (TPSA) is 76.8 Å². The van der Waals surface area contributed by atoms with E-state index in [0.29, 0.717) is 45.5 Å². The van der Waals surface area contributed by atoms with Crippen molar-refractivity contribution >= 4 is 5.91 Å². The molecule has 1 N–H and O–H groups in total. The van der Waals surface area contributed by atoms with Crippen molar-refractivity contribution in [1.29, 1.82) is 0 Å². The Labute approximate surface area is 158 Å². The van der Waals surface area contributed by atoms with Crippen LogP contribution in [-0.2, 0) is 17.8 Å². The molecule has 7 heteroatoms. The summed E-state index contributed by atoms with van der Waals surface area (Å²) in [5.41, 5.74) is 0.216. The summed E-state index contributed by atoms with van der Waals surface area (Å²) in [6.07, 6.45) is 7.05. The van der Waals surface area contributed by atoms with Crippen molar-refractivity contribution in [2.45, 2.75) is 31.4 Å². The lowest BCUT2D eigenvalue weighted by Crippen LogP contribution is -2.51. The normalized spacial score (nSPS) is 21.3. The molecule has 0 aliphatic carbocycles. The number of hydrogen-bond acceptors (Lipinski definition) is 5. The molecule has 1 fully saturated rings. The summed E-state index contributed by atoms with van der Waals surface area (Å²) in [5.74, 6) is 1.51. The minimum Gasteiger partial charge on any atom is -0.497 e. The van der Waals surface area contributed by atoms with Gasteiger partial charge in [-0.1, -0.05) is 0 Å². The summed E-state index contributed by atoms with van der Waals surface area (Å²) in [6.45, 7) is 2.03. The molecule has 1 saturated heterocycles. The third kappa shape index (κ3) is 3.78. The number of aromatic nitrogens is 2. The standard InChI is InChI=1S/C20H25N3O4/c1-26-17-2-3-18-15(11-17)10-16(12-27-18)19(24)23-7-4-20(25,5-8-23)13-22-9-6-21-14-22/h2-3,6,9,11,14,16,25H,4-5,7-8,10,12-13H2,1H3/t16-/m0/s1. The molecular weight excluding hydrogens is 346 g/mol. The van der Waals surface area contributed by atoms with Crippen LogP contribution in [-0.4, -0.2) is 57.9 Å². The highest BCUT2D eigenvalue weighted by atomic mass is 16.5. The third-order valence-electron chi connectivity index (χ3n) is 5.57. The van der Waals surface area contributed by atoms with Gasteiger partial charge in [0.05, 0.1) is 31.5 Å². The predicted molar refractivity (Wildman–Crippen MR) is 98.7 cm³/mol. The van der Waals surface area contributed by atoms with Gasteiger partial charge in [0.25, 0.3) is 0 Å². The van der Waals surface area contributed by atoms with E-state index in [-0.39, 0.29) is 11.8 Å². The van der Waals surface area contributed by atoms with Crippen LogP contribution >= 0.6 is 0 Å². The number of aliphatic hydroxyl groups is 1. The van der Waals surface area contributed by atoms with Gasteiger partial charge in [-0.3, -0.25) is 4.79 Å². The van der Waals surface area contributed by atoms with Crippen molar-refractivity contribution in [2.24, 2.45) is 5.92 Å². The van der Waals surface area contributed by atoms with Crippen LogP contribution in [0.3, 0.4) is 0 Å². The number of methoxy groups -OCH3 is 1. The molecule has 0 radical (unpaired) electrons. The first-order chi connectivity index (χ1) is 13.1. The van der Waals surface area contributed by atoms with Gasteiger partial charge >= 0.3 is 0 Å². The first-order valence-electron chi connectivity index (χ1n) is 9.33. The lowest BCUT2D eigenvalue weighted by molar-refractivity contribution is -0.141. The van der Waals surface area contributed by atoms with Gasteiger partial charge in [-0.05, 0) is 43.0 Å². The van der Waals surface area contributed by atoms with E-state index < -0.39 is 5.60 Å². The van der Waals surface area contributed by atoms with Gasteiger partial charge in [-0.15, -0.1) is 0 Å². The highest BCUT2D eigenvalue weighted by Crippen LogP contribution is 2.32. The quantitative estimate of drug-likeness (QED) is 0.881. The zero-order valence-electron chi connectivity index (χ0n) is 15.5. The number of likely N-dealkylation sites (tertiary alicyclic amines) is 1. The Kier molecular flexibility index (Phi) is 4.78. The Morgan fingerprint density at radius 1 is 1.41 bits per heavy atom. The van der Waals surface area contributed by atoms with Gasteiger partial charge in [-0.2, -0.15) is 0 Å². The van der Waals surface area contributed by atoms with Crippen LogP contribution in [0, 0.1) is 5.92 Å². The fraction of sp³-hybridized carbons (Fsp3) is 0.500. The summed E-state index contributed by atoms with van der Waals surface area (Å²) < 4.78 is 13.0. The number of benzene rings is 1. The van der Waals surface area contributed by atoms with Crippen LogP contribution < -0.4 is 9.47 Å². The molecule has 1 amide bonds. The minimum absolute atomic E-state index is 0.105. The number of carbonyl (C=O) groups excluding carboxylic acids is 1. The summed E-state index contributed by atoms with van der Waals surface area (Å²) in [4.78, 5) is 18.8. The van der Waals surface area contributed by atoms with E-state index >= 15 is 0 Å². The zero-order valence-corrected chi connectivity index (χ0v) is 15.5. The Morgan fingerprint density at radius 3 is 2.93 bits per heavy atom. The van der Waals surface area contributed by atoms with E-state index in [4.69, 9.17) is 9.47 Å². The van der Waals surface area contributed by atoms with Crippen molar-refractivity contribution in [3.05, 3.63) is 42.5 Å². The van der Waals surface area contributed by atoms with E-state index in [1.165, 1.54) is 0 Å².